The number of aryl methyl sites for hydroxylation is 1. The van der Waals surface area contributed by atoms with Crippen molar-refractivity contribution in [3.05, 3.63) is 59.2 Å². The zero-order valence-corrected chi connectivity index (χ0v) is 12.5. The van der Waals surface area contributed by atoms with Crippen molar-refractivity contribution in [2.24, 2.45) is 0 Å². The summed E-state index contributed by atoms with van der Waals surface area (Å²) in [4.78, 5) is 13.4. The van der Waals surface area contributed by atoms with Gasteiger partial charge in [0.15, 0.2) is 0 Å². The molecule has 0 radical (unpaired) electrons. The topological polar surface area (TPSA) is 29.1 Å². The Morgan fingerprint density at radius 2 is 1.90 bits per heavy atom. The van der Waals surface area contributed by atoms with Crippen LogP contribution in [0.3, 0.4) is 0 Å². The molecule has 0 aromatic heterocycles. The molecule has 1 atom stereocenters. The van der Waals surface area contributed by atoms with E-state index in [0.717, 1.165) is 23.2 Å². The molecule has 0 unspecified atom stereocenters. The second-order valence-electron chi connectivity index (χ2n) is 5.13. The Morgan fingerprint density at radius 1 is 1.15 bits per heavy atom. The zero-order chi connectivity index (χ0) is 14.1. The number of rotatable bonds is 3. The van der Waals surface area contributed by atoms with E-state index in [4.69, 9.17) is 0 Å². The van der Waals surface area contributed by atoms with Crippen LogP contribution in [0.5, 0.6) is 0 Å². The molecule has 0 spiro atoms. The van der Waals surface area contributed by atoms with Gasteiger partial charge in [-0.1, -0.05) is 30.3 Å². The van der Waals surface area contributed by atoms with Crippen molar-refractivity contribution in [3.63, 3.8) is 0 Å². The third-order valence-corrected chi connectivity index (χ3v) is 4.59. The van der Waals surface area contributed by atoms with E-state index in [2.05, 4.69) is 41.9 Å². The summed E-state index contributed by atoms with van der Waals surface area (Å²) in [5, 5.41) is 3.02. The van der Waals surface area contributed by atoms with Gasteiger partial charge in [-0.05, 0) is 48.4 Å². The Labute approximate surface area is 123 Å². The maximum atomic E-state index is 12.2. The molecular weight excluding hydrogens is 266 g/mol. The first-order chi connectivity index (χ1) is 9.69. The minimum absolute atomic E-state index is 0.0648. The van der Waals surface area contributed by atoms with Crippen molar-refractivity contribution in [1.82, 2.24) is 0 Å². The maximum Gasteiger partial charge on any atom is 0.232 e. The molecule has 3 rings (SSSR count). The van der Waals surface area contributed by atoms with Crippen molar-refractivity contribution in [3.8, 4) is 0 Å². The van der Waals surface area contributed by atoms with Crippen molar-refractivity contribution in [2.45, 2.75) is 24.2 Å². The van der Waals surface area contributed by atoms with Crippen LogP contribution in [0.1, 0.15) is 22.6 Å². The molecule has 0 saturated heterocycles. The predicted octanol–water partition coefficient (Wildman–Crippen LogP) is 4.00. The summed E-state index contributed by atoms with van der Waals surface area (Å²) in [6.45, 7) is 2.04. The van der Waals surface area contributed by atoms with E-state index in [0.29, 0.717) is 0 Å². The van der Waals surface area contributed by atoms with E-state index in [1.54, 1.807) is 11.8 Å². The molecule has 1 aliphatic heterocycles. The standard InChI is InChI=1S/C17H17NOS/c1-11-4-3-5-14-15(17(19)18-16(11)14)10-12-6-8-13(20-2)9-7-12/h3-9,15H,10H2,1-2H3,(H,18,19)/t15-/m1/s1. The Bertz CT molecular complexity index is 649. The highest BCUT2D eigenvalue weighted by molar-refractivity contribution is 7.98. The molecule has 1 N–H and O–H groups in total. The summed E-state index contributed by atoms with van der Waals surface area (Å²) >= 11 is 1.73. The van der Waals surface area contributed by atoms with Gasteiger partial charge in [-0.3, -0.25) is 4.79 Å². The number of hydrogen-bond acceptors (Lipinski definition) is 2. The van der Waals surface area contributed by atoms with Gasteiger partial charge in [0.05, 0.1) is 5.92 Å². The third-order valence-electron chi connectivity index (χ3n) is 3.84. The molecule has 1 amide bonds. The Hall–Kier alpha value is -1.74. The van der Waals surface area contributed by atoms with Crippen LogP contribution in [-0.4, -0.2) is 12.2 Å². The summed E-state index contributed by atoms with van der Waals surface area (Å²) < 4.78 is 0. The molecule has 20 heavy (non-hydrogen) atoms. The SMILES string of the molecule is CSc1ccc(C[C@H]2C(=O)Nc3c(C)cccc32)cc1. The van der Waals surface area contributed by atoms with E-state index >= 15 is 0 Å². The highest BCUT2D eigenvalue weighted by Crippen LogP contribution is 2.36. The van der Waals surface area contributed by atoms with E-state index in [9.17, 15) is 4.79 Å². The highest BCUT2D eigenvalue weighted by Gasteiger charge is 2.31. The fraction of sp³-hybridized carbons (Fsp3) is 0.235. The monoisotopic (exact) mass is 283 g/mol. The van der Waals surface area contributed by atoms with E-state index < -0.39 is 0 Å². The van der Waals surface area contributed by atoms with Crippen molar-refractivity contribution in [1.29, 1.82) is 0 Å². The summed E-state index contributed by atoms with van der Waals surface area (Å²) in [5.74, 6) is 0.0493. The maximum absolute atomic E-state index is 12.2. The van der Waals surface area contributed by atoms with Crippen LogP contribution < -0.4 is 5.32 Å². The summed E-state index contributed by atoms with van der Waals surface area (Å²) in [7, 11) is 0. The van der Waals surface area contributed by atoms with E-state index in [-0.39, 0.29) is 11.8 Å². The third kappa shape index (κ3) is 2.34. The molecule has 2 aromatic rings. The Balaban J connectivity index is 1.88. The summed E-state index contributed by atoms with van der Waals surface area (Å²) in [6.07, 6.45) is 2.83. The lowest BCUT2D eigenvalue weighted by Gasteiger charge is -2.09. The van der Waals surface area contributed by atoms with Crippen molar-refractivity contribution in [2.75, 3.05) is 11.6 Å². The molecular formula is C17H17NOS. The van der Waals surface area contributed by atoms with Gasteiger partial charge in [-0.2, -0.15) is 0 Å². The number of amides is 1. The van der Waals surface area contributed by atoms with Gasteiger partial charge >= 0.3 is 0 Å². The highest BCUT2D eigenvalue weighted by atomic mass is 32.2. The van der Waals surface area contributed by atoms with Gasteiger partial charge in [0.1, 0.15) is 0 Å². The second kappa shape index (κ2) is 5.33. The van der Waals surface area contributed by atoms with E-state index in [1.165, 1.54) is 10.5 Å². The normalized spacial score (nSPS) is 16.9. The molecule has 0 fully saturated rings. The summed E-state index contributed by atoms with van der Waals surface area (Å²) in [6, 6.07) is 14.6. The molecule has 102 valence electrons. The number of fused-ring (bicyclic) bond motifs is 1. The van der Waals surface area contributed by atoms with Gasteiger partial charge in [0.2, 0.25) is 5.91 Å². The molecule has 1 heterocycles. The molecule has 2 aromatic carbocycles. The first kappa shape index (κ1) is 13.3. The average molecular weight is 283 g/mol. The van der Waals surface area contributed by atoms with Crippen LogP contribution in [0, 0.1) is 6.92 Å². The van der Waals surface area contributed by atoms with E-state index in [1.807, 2.05) is 19.1 Å². The van der Waals surface area contributed by atoms with Crippen LogP contribution in [0.2, 0.25) is 0 Å². The number of thioether (sulfide) groups is 1. The van der Waals surface area contributed by atoms with Crippen molar-refractivity contribution < 1.29 is 4.79 Å². The fourth-order valence-electron chi connectivity index (χ4n) is 2.70. The van der Waals surface area contributed by atoms with Crippen LogP contribution in [0.25, 0.3) is 0 Å². The van der Waals surface area contributed by atoms with Crippen LogP contribution in [-0.2, 0) is 11.2 Å². The van der Waals surface area contributed by atoms with Gasteiger partial charge in [0, 0.05) is 10.6 Å². The number of nitrogens with one attached hydrogen (secondary N) is 1. The zero-order valence-electron chi connectivity index (χ0n) is 11.6. The average Bonchev–Trinajstić information content (AvgIpc) is 2.78. The predicted molar refractivity (Wildman–Crippen MR) is 84.5 cm³/mol. The van der Waals surface area contributed by atoms with Crippen LogP contribution in [0.4, 0.5) is 5.69 Å². The van der Waals surface area contributed by atoms with Gasteiger partial charge in [0.25, 0.3) is 0 Å². The number of benzene rings is 2. The van der Waals surface area contributed by atoms with Crippen LogP contribution in [0.15, 0.2) is 47.4 Å². The van der Waals surface area contributed by atoms with Crippen molar-refractivity contribution >= 4 is 23.4 Å². The Morgan fingerprint density at radius 3 is 2.60 bits per heavy atom. The molecule has 2 nitrogen and oxygen atoms in total. The van der Waals surface area contributed by atoms with Gasteiger partial charge < -0.3 is 5.32 Å². The largest absolute Gasteiger partial charge is 0.325 e. The second-order valence-corrected chi connectivity index (χ2v) is 6.01. The quantitative estimate of drug-likeness (QED) is 0.863. The fourth-order valence-corrected chi connectivity index (χ4v) is 3.11. The first-order valence-corrected chi connectivity index (χ1v) is 7.95. The van der Waals surface area contributed by atoms with Crippen LogP contribution >= 0.6 is 11.8 Å². The molecule has 1 aliphatic rings. The lowest BCUT2D eigenvalue weighted by molar-refractivity contribution is -0.117. The number of carbonyl (C=O) groups is 1. The molecule has 0 bridgehead atoms. The van der Waals surface area contributed by atoms with Gasteiger partial charge in [-0.25, -0.2) is 0 Å². The smallest absolute Gasteiger partial charge is 0.232 e. The summed E-state index contributed by atoms with van der Waals surface area (Å²) in [5.41, 5.74) is 4.47. The molecule has 3 heteroatoms. The number of para-hydroxylation sites is 1. The number of hydrogen-bond donors (Lipinski definition) is 1. The Kier molecular flexibility index (Phi) is 3.53. The minimum atomic E-state index is -0.0648. The minimum Gasteiger partial charge on any atom is -0.325 e. The lowest BCUT2D eigenvalue weighted by Crippen LogP contribution is -2.14. The molecule has 0 aliphatic carbocycles. The van der Waals surface area contributed by atoms with Gasteiger partial charge in [-0.15, -0.1) is 11.8 Å². The first-order valence-electron chi connectivity index (χ1n) is 6.72. The number of anilines is 1. The molecule has 0 saturated carbocycles. The number of carbonyl (C=O) groups excluding carboxylic acids is 1. The lowest BCUT2D eigenvalue weighted by atomic mass is 9.92.